The van der Waals surface area contributed by atoms with Crippen LogP contribution in [-0.4, -0.2) is 38.9 Å². The van der Waals surface area contributed by atoms with Crippen LogP contribution in [0.3, 0.4) is 0 Å². The number of nitrogens with two attached hydrogens (primary N) is 1. The first-order valence-corrected chi connectivity index (χ1v) is 9.39. The lowest BCUT2D eigenvalue weighted by molar-refractivity contribution is 0.0748. The van der Waals surface area contributed by atoms with Crippen LogP contribution in [0.25, 0.3) is 0 Å². The Balaban J connectivity index is 2.29. The number of carbonyl (C=O) groups excluding carboxylic acids is 1. The van der Waals surface area contributed by atoms with Gasteiger partial charge in [-0.3, -0.25) is 9.52 Å². The summed E-state index contributed by atoms with van der Waals surface area (Å²) >= 11 is 0. The van der Waals surface area contributed by atoms with Gasteiger partial charge in [-0.05, 0) is 49.7 Å². The second kappa shape index (κ2) is 7.67. The fourth-order valence-corrected chi connectivity index (χ4v) is 3.38. The third-order valence-electron chi connectivity index (χ3n) is 3.98. The number of nitrogens with one attached hydrogen (secondary N) is 1. The number of aryl methyl sites for hydroxylation is 1. The van der Waals surface area contributed by atoms with Crippen molar-refractivity contribution < 1.29 is 13.2 Å². The van der Waals surface area contributed by atoms with E-state index in [9.17, 15) is 13.2 Å². The molecule has 0 saturated carbocycles. The van der Waals surface area contributed by atoms with E-state index >= 15 is 0 Å². The molecule has 25 heavy (non-hydrogen) atoms. The summed E-state index contributed by atoms with van der Waals surface area (Å²) < 4.78 is 27.7. The molecule has 2 aromatic carbocycles. The van der Waals surface area contributed by atoms with Crippen molar-refractivity contribution in [1.82, 2.24) is 4.90 Å². The first kappa shape index (κ1) is 19.0. The first-order chi connectivity index (χ1) is 11.7. The van der Waals surface area contributed by atoms with E-state index in [0.717, 1.165) is 5.56 Å². The number of rotatable bonds is 6. The van der Waals surface area contributed by atoms with Gasteiger partial charge in [-0.15, -0.1) is 0 Å². The summed E-state index contributed by atoms with van der Waals surface area (Å²) in [7, 11) is -2.14. The van der Waals surface area contributed by atoms with E-state index < -0.39 is 10.0 Å². The van der Waals surface area contributed by atoms with Crippen LogP contribution in [-0.2, 0) is 10.0 Å². The fourth-order valence-electron chi connectivity index (χ4n) is 2.28. The van der Waals surface area contributed by atoms with Crippen LogP contribution in [0, 0.1) is 6.92 Å². The number of amides is 1. The van der Waals surface area contributed by atoms with E-state index in [-0.39, 0.29) is 16.8 Å². The number of anilines is 1. The van der Waals surface area contributed by atoms with E-state index in [1.807, 2.05) is 19.9 Å². The van der Waals surface area contributed by atoms with Gasteiger partial charge in [0.05, 0.1) is 4.90 Å². The molecule has 3 N–H and O–H groups in total. The number of sulfonamides is 1. The molecule has 1 atom stereocenters. The molecular formula is C18H23N3O3S. The molecule has 134 valence electrons. The van der Waals surface area contributed by atoms with Gasteiger partial charge < -0.3 is 10.6 Å². The van der Waals surface area contributed by atoms with Gasteiger partial charge in [-0.1, -0.05) is 18.2 Å². The highest BCUT2D eigenvalue weighted by Crippen LogP contribution is 2.19. The molecule has 6 nitrogen and oxygen atoms in total. The van der Waals surface area contributed by atoms with Gasteiger partial charge in [0.15, 0.2) is 0 Å². The van der Waals surface area contributed by atoms with Crippen molar-refractivity contribution in [2.45, 2.75) is 24.8 Å². The van der Waals surface area contributed by atoms with E-state index in [0.29, 0.717) is 17.8 Å². The molecule has 0 aliphatic carbocycles. The Kier molecular flexibility index (Phi) is 5.81. The topological polar surface area (TPSA) is 92.5 Å². The fraction of sp³-hybridized carbons (Fsp3) is 0.278. The van der Waals surface area contributed by atoms with E-state index in [1.165, 1.54) is 17.0 Å². The molecule has 1 unspecified atom stereocenters. The average molecular weight is 361 g/mol. The zero-order valence-corrected chi connectivity index (χ0v) is 15.4. The largest absolute Gasteiger partial charge is 0.338 e. The van der Waals surface area contributed by atoms with Crippen LogP contribution in [0.5, 0.6) is 0 Å². The number of nitrogens with zero attached hydrogens (tertiary/aromatic N) is 1. The van der Waals surface area contributed by atoms with Gasteiger partial charge in [-0.25, -0.2) is 8.42 Å². The summed E-state index contributed by atoms with van der Waals surface area (Å²) in [5.74, 6) is -0.273. The van der Waals surface area contributed by atoms with E-state index in [1.54, 1.807) is 37.4 Å². The molecule has 0 spiro atoms. The van der Waals surface area contributed by atoms with Crippen molar-refractivity contribution in [3.8, 4) is 0 Å². The maximum absolute atomic E-state index is 12.6. The molecule has 0 heterocycles. The van der Waals surface area contributed by atoms with Crippen molar-refractivity contribution >= 4 is 21.6 Å². The van der Waals surface area contributed by atoms with Crippen LogP contribution in [0.2, 0.25) is 0 Å². The number of benzene rings is 2. The summed E-state index contributed by atoms with van der Waals surface area (Å²) in [6, 6.07) is 12.9. The first-order valence-electron chi connectivity index (χ1n) is 7.91. The third kappa shape index (κ3) is 4.58. The Labute approximate surface area is 148 Å². The van der Waals surface area contributed by atoms with Crippen molar-refractivity contribution in [3.05, 3.63) is 59.7 Å². The maximum Gasteiger partial charge on any atom is 0.261 e. The van der Waals surface area contributed by atoms with E-state index in [2.05, 4.69) is 4.72 Å². The highest BCUT2D eigenvalue weighted by atomic mass is 32.2. The maximum atomic E-state index is 12.6. The van der Waals surface area contributed by atoms with Crippen LogP contribution < -0.4 is 10.5 Å². The normalized spacial score (nSPS) is 12.5. The minimum atomic E-state index is -3.78. The highest BCUT2D eigenvalue weighted by molar-refractivity contribution is 7.92. The summed E-state index contributed by atoms with van der Waals surface area (Å²) in [4.78, 5) is 14.0. The summed E-state index contributed by atoms with van der Waals surface area (Å²) in [6.45, 7) is 4.04. The summed E-state index contributed by atoms with van der Waals surface area (Å²) in [5.41, 5.74) is 7.31. The quantitative estimate of drug-likeness (QED) is 0.825. The molecule has 0 saturated heterocycles. The van der Waals surface area contributed by atoms with Gasteiger partial charge in [0, 0.05) is 30.9 Å². The molecule has 0 aromatic heterocycles. The number of hydrogen-bond acceptors (Lipinski definition) is 4. The molecule has 0 bridgehead atoms. The summed E-state index contributed by atoms with van der Waals surface area (Å²) in [6.07, 6.45) is 0. The van der Waals surface area contributed by atoms with Gasteiger partial charge >= 0.3 is 0 Å². The lowest BCUT2D eigenvalue weighted by Gasteiger charge is -2.23. The van der Waals surface area contributed by atoms with Crippen molar-refractivity contribution in [2.24, 2.45) is 5.73 Å². The van der Waals surface area contributed by atoms with Gasteiger partial charge in [0.2, 0.25) is 0 Å². The Bertz CT molecular complexity index is 865. The SMILES string of the molecule is Cc1cccc(NS(=O)(=O)c2cccc(C(=O)N(C)C(C)CN)c2)c1. The molecule has 2 aromatic rings. The molecule has 2 rings (SSSR count). The number of hydrogen-bond donors (Lipinski definition) is 2. The van der Waals surface area contributed by atoms with Crippen molar-refractivity contribution in [3.63, 3.8) is 0 Å². The third-order valence-corrected chi connectivity index (χ3v) is 5.36. The van der Waals surface area contributed by atoms with Crippen molar-refractivity contribution in [1.29, 1.82) is 0 Å². The minimum Gasteiger partial charge on any atom is -0.338 e. The van der Waals surface area contributed by atoms with Crippen molar-refractivity contribution in [2.75, 3.05) is 18.3 Å². The van der Waals surface area contributed by atoms with Gasteiger partial charge in [0.25, 0.3) is 15.9 Å². The average Bonchev–Trinajstić information content (AvgIpc) is 2.59. The Morgan fingerprint density at radius 2 is 1.88 bits per heavy atom. The lowest BCUT2D eigenvalue weighted by atomic mass is 10.2. The number of likely N-dealkylation sites (N-methyl/N-ethyl adjacent to an activating group) is 1. The van der Waals surface area contributed by atoms with Crippen LogP contribution >= 0.6 is 0 Å². The molecule has 0 aliphatic rings. The second-order valence-corrected chi connectivity index (χ2v) is 7.69. The molecule has 0 radical (unpaired) electrons. The zero-order valence-electron chi connectivity index (χ0n) is 14.6. The molecular weight excluding hydrogens is 338 g/mol. The Morgan fingerprint density at radius 1 is 1.20 bits per heavy atom. The van der Waals surface area contributed by atoms with E-state index in [4.69, 9.17) is 5.73 Å². The van der Waals surface area contributed by atoms with Gasteiger partial charge in [-0.2, -0.15) is 0 Å². The van der Waals surface area contributed by atoms with Crippen LogP contribution in [0.15, 0.2) is 53.4 Å². The monoisotopic (exact) mass is 361 g/mol. The standard InChI is InChI=1S/C18H23N3O3S/c1-13-6-4-8-16(10-13)20-25(23,24)17-9-5-7-15(11-17)18(22)21(3)14(2)12-19/h4-11,14,20H,12,19H2,1-3H3. The molecule has 0 aliphatic heterocycles. The minimum absolute atomic E-state index is 0.0358. The zero-order chi connectivity index (χ0) is 18.6. The van der Waals surface area contributed by atoms with Crippen LogP contribution in [0.1, 0.15) is 22.8 Å². The number of carbonyl (C=O) groups is 1. The Hall–Kier alpha value is -2.38. The predicted octanol–water partition coefficient (Wildman–Crippen LogP) is 2.22. The predicted molar refractivity (Wildman–Crippen MR) is 99.0 cm³/mol. The van der Waals surface area contributed by atoms with Gasteiger partial charge in [0.1, 0.15) is 0 Å². The Morgan fingerprint density at radius 3 is 2.52 bits per heavy atom. The molecule has 0 fully saturated rings. The molecule has 1 amide bonds. The second-order valence-electron chi connectivity index (χ2n) is 6.00. The highest BCUT2D eigenvalue weighted by Gasteiger charge is 2.20. The summed E-state index contributed by atoms with van der Waals surface area (Å²) in [5, 5.41) is 0. The lowest BCUT2D eigenvalue weighted by Crippen LogP contribution is -2.39. The smallest absolute Gasteiger partial charge is 0.261 e. The van der Waals surface area contributed by atoms with Crippen LogP contribution in [0.4, 0.5) is 5.69 Å². The molecule has 7 heteroatoms.